The van der Waals surface area contributed by atoms with Gasteiger partial charge < -0.3 is 4.98 Å². The van der Waals surface area contributed by atoms with E-state index in [0.717, 1.165) is 25.9 Å². The van der Waals surface area contributed by atoms with Gasteiger partial charge in [0.25, 0.3) is 0 Å². The van der Waals surface area contributed by atoms with Crippen LogP contribution in [0.2, 0.25) is 0 Å². The van der Waals surface area contributed by atoms with Gasteiger partial charge in [0.1, 0.15) is 11.0 Å². The summed E-state index contributed by atoms with van der Waals surface area (Å²) in [5.74, 6) is 0. The molecule has 0 radical (unpaired) electrons. The van der Waals surface area contributed by atoms with Gasteiger partial charge in [-0.2, -0.15) is 13.2 Å². The molecule has 0 saturated carbocycles. The maximum atomic E-state index is 13.2. The van der Waals surface area contributed by atoms with Crippen molar-refractivity contribution in [1.82, 2.24) is 14.9 Å². The number of aromatic nitrogens is 2. The number of nitrogens with zero attached hydrogens (tertiary/aromatic N) is 2. The smallest absolute Gasteiger partial charge is 0.356 e. The molecular weight excluding hydrogens is 415 g/mol. The van der Waals surface area contributed by atoms with Crippen molar-refractivity contribution in [3.63, 3.8) is 0 Å². The van der Waals surface area contributed by atoms with Gasteiger partial charge in [-0.25, -0.2) is 4.98 Å². The Morgan fingerprint density at radius 2 is 2.12 bits per heavy atom. The van der Waals surface area contributed by atoms with E-state index in [2.05, 4.69) is 25.9 Å². The molecule has 1 aliphatic rings. The highest BCUT2D eigenvalue weighted by atomic mass is 79.9. The zero-order valence-corrected chi connectivity index (χ0v) is 15.7. The van der Waals surface area contributed by atoms with Crippen LogP contribution in [0, 0.1) is 0 Å². The van der Waals surface area contributed by atoms with Crippen LogP contribution in [0.5, 0.6) is 0 Å². The minimum Gasteiger partial charge on any atom is -0.356 e. The Balaban J connectivity index is 1.90. The van der Waals surface area contributed by atoms with Crippen LogP contribution in [0.15, 0.2) is 34.2 Å². The Morgan fingerprint density at radius 1 is 1.36 bits per heavy atom. The third kappa shape index (κ3) is 3.11. The molecule has 3 nitrogen and oxygen atoms in total. The first-order valence-electron chi connectivity index (χ1n) is 7.86. The molecule has 8 heteroatoms. The molecular formula is C17H15BrF3N3S. The van der Waals surface area contributed by atoms with Crippen LogP contribution in [-0.4, -0.2) is 33.6 Å². The Kier molecular flexibility index (Phi) is 4.16. The number of fused-ring (bicyclic) bond motifs is 3. The van der Waals surface area contributed by atoms with Gasteiger partial charge in [-0.3, -0.25) is 4.90 Å². The summed E-state index contributed by atoms with van der Waals surface area (Å²) in [6, 6.07) is 7.10. The fourth-order valence-electron chi connectivity index (χ4n) is 3.62. The number of nitrogens with one attached hydrogen (secondary N) is 1. The van der Waals surface area contributed by atoms with Gasteiger partial charge in [-0.05, 0) is 40.9 Å². The molecule has 1 aromatic carbocycles. The van der Waals surface area contributed by atoms with Crippen molar-refractivity contribution in [2.45, 2.75) is 31.6 Å². The lowest BCUT2D eigenvalue weighted by Gasteiger charge is -2.40. The summed E-state index contributed by atoms with van der Waals surface area (Å²) >= 11 is 4.75. The molecule has 0 spiro atoms. The van der Waals surface area contributed by atoms with E-state index < -0.39 is 18.8 Å². The number of H-pyrrole nitrogens is 1. The van der Waals surface area contributed by atoms with Gasteiger partial charge in [0.05, 0.1) is 16.5 Å². The summed E-state index contributed by atoms with van der Waals surface area (Å²) in [5.41, 5.74) is 2.87. The van der Waals surface area contributed by atoms with Crippen molar-refractivity contribution >= 4 is 38.2 Å². The summed E-state index contributed by atoms with van der Waals surface area (Å²) in [6.07, 6.45) is -2.03. The predicted octanol–water partition coefficient (Wildman–Crippen LogP) is 5.29. The van der Waals surface area contributed by atoms with Crippen molar-refractivity contribution in [3.8, 4) is 0 Å². The van der Waals surface area contributed by atoms with Crippen LogP contribution in [0.25, 0.3) is 10.9 Å². The lowest BCUT2D eigenvalue weighted by molar-refractivity contribution is -0.155. The first-order chi connectivity index (χ1) is 11.8. The molecule has 4 rings (SSSR count). The molecule has 0 saturated heterocycles. The number of benzene rings is 1. The Morgan fingerprint density at radius 3 is 2.80 bits per heavy atom. The van der Waals surface area contributed by atoms with Crippen molar-refractivity contribution in [1.29, 1.82) is 0 Å². The van der Waals surface area contributed by atoms with Crippen LogP contribution in [0.1, 0.15) is 29.2 Å². The number of hydrogen-bond donors (Lipinski definition) is 1. The van der Waals surface area contributed by atoms with Gasteiger partial charge in [-0.1, -0.05) is 18.2 Å². The zero-order chi connectivity index (χ0) is 17.8. The molecule has 3 heterocycles. The average molecular weight is 430 g/mol. The summed E-state index contributed by atoms with van der Waals surface area (Å²) in [4.78, 5) is 9.22. The van der Waals surface area contributed by atoms with Gasteiger partial charge in [0.2, 0.25) is 0 Å². The number of thiazole rings is 1. The van der Waals surface area contributed by atoms with E-state index in [-0.39, 0.29) is 6.04 Å². The maximum Gasteiger partial charge on any atom is 0.401 e. The highest BCUT2D eigenvalue weighted by Gasteiger charge is 2.42. The number of para-hydroxylation sites is 1. The molecule has 0 bridgehead atoms. The fraction of sp³-hybridized carbons (Fsp3) is 0.353. The zero-order valence-electron chi connectivity index (χ0n) is 13.3. The standard InChI is InChI=1S/C17H15BrF3N3S/c1-9-6-11-10-4-2-3-5-12(10)23-14(11)15(16-22-7-13(18)25-16)24(9)8-17(19,20)21/h2-5,7,9,15,23H,6,8H2,1H3/t9-,15+/m1/s1. The van der Waals surface area contributed by atoms with Crippen LogP contribution < -0.4 is 0 Å². The molecule has 1 N–H and O–H groups in total. The molecule has 0 unspecified atom stereocenters. The topological polar surface area (TPSA) is 31.9 Å². The molecule has 0 aliphatic carbocycles. The predicted molar refractivity (Wildman–Crippen MR) is 95.9 cm³/mol. The third-order valence-corrected chi connectivity index (χ3v) is 6.14. The Bertz CT molecular complexity index is 917. The second-order valence-electron chi connectivity index (χ2n) is 6.31. The minimum atomic E-state index is -4.26. The minimum absolute atomic E-state index is 0.235. The van der Waals surface area contributed by atoms with E-state index >= 15 is 0 Å². The van der Waals surface area contributed by atoms with Gasteiger partial charge in [0, 0.05) is 22.6 Å². The number of hydrogen-bond acceptors (Lipinski definition) is 3. The van der Waals surface area contributed by atoms with Crippen LogP contribution in [0.4, 0.5) is 13.2 Å². The molecule has 25 heavy (non-hydrogen) atoms. The second kappa shape index (κ2) is 6.10. The largest absolute Gasteiger partial charge is 0.401 e. The van der Waals surface area contributed by atoms with Crippen LogP contribution in [0.3, 0.4) is 0 Å². The molecule has 132 valence electrons. The normalized spacial score (nSPS) is 21.6. The van der Waals surface area contributed by atoms with Gasteiger partial charge in [-0.15, -0.1) is 11.3 Å². The first kappa shape index (κ1) is 17.1. The Labute approximate surface area is 155 Å². The maximum absolute atomic E-state index is 13.2. The van der Waals surface area contributed by atoms with Gasteiger partial charge in [0.15, 0.2) is 0 Å². The number of halogens is 4. The van der Waals surface area contributed by atoms with Gasteiger partial charge >= 0.3 is 6.18 Å². The molecule has 0 fully saturated rings. The van der Waals surface area contributed by atoms with Crippen LogP contribution >= 0.6 is 27.3 Å². The van der Waals surface area contributed by atoms with E-state index in [1.807, 2.05) is 31.2 Å². The van der Waals surface area contributed by atoms with Crippen molar-refractivity contribution in [3.05, 3.63) is 50.5 Å². The van der Waals surface area contributed by atoms with E-state index in [4.69, 9.17) is 0 Å². The lowest BCUT2D eigenvalue weighted by atomic mass is 9.92. The summed E-state index contributed by atoms with van der Waals surface area (Å²) in [5, 5.41) is 1.74. The molecule has 3 aromatic rings. The second-order valence-corrected chi connectivity index (χ2v) is 8.75. The lowest BCUT2D eigenvalue weighted by Crippen LogP contribution is -2.47. The monoisotopic (exact) mass is 429 g/mol. The molecule has 2 atom stereocenters. The van der Waals surface area contributed by atoms with E-state index in [1.165, 1.54) is 16.2 Å². The van der Waals surface area contributed by atoms with Crippen molar-refractivity contribution in [2.75, 3.05) is 6.54 Å². The van der Waals surface area contributed by atoms with E-state index in [1.54, 1.807) is 6.20 Å². The molecule has 1 aliphatic heterocycles. The summed E-state index contributed by atoms with van der Waals surface area (Å²) in [7, 11) is 0. The number of alkyl halides is 3. The highest BCUT2D eigenvalue weighted by molar-refractivity contribution is 9.11. The van der Waals surface area contributed by atoms with E-state index in [9.17, 15) is 13.2 Å². The van der Waals surface area contributed by atoms with E-state index in [0.29, 0.717) is 11.4 Å². The van der Waals surface area contributed by atoms with Crippen molar-refractivity contribution < 1.29 is 13.2 Å². The highest BCUT2D eigenvalue weighted by Crippen LogP contribution is 2.43. The number of aromatic amines is 1. The SMILES string of the molecule is C[C@@H]1Cc2c([nH]c3ccccc23)[C@@H](c2ncc(Br)s2)N1CC(F)(F)F. The average Bonchev–Trinajstić information content (AvgIpc) is 3.10. The first-order valence-corrected chi connectivity index (χ1v) is 9.47. The third-order valence-electron chi connectivity index (χ3n) is 4.61. The van der Waals surface area contributed by atoms with Crippen LogP contribution in [-0.2, 0) is 6.42 Å². The fourth-order valence-corrected chi connectivity index (χ4v) is 5.00. The molecule has 0 amide bonds. The summed E-state index contributed by atoms with van der Waals surface area (Å²) in [6.45, 7) is 0.900. The number of rotatable bonds is 2. The summed E-state index contributed by atoms with van der Waals surface area (Å²) < 4.78 is 40.4. The van der Waals surface area contributed by atoms with Crippen molar-refractivity contribution in [2.24, 2.45) is 0 Å². The quantitative estimate of drug-likeness (QED) is 0.600. The molecule has 2 aromatic heterocycles. The Hall–Kier alpha value is -1.38.